The van der Waals surface area contributed by atoms with Gasteiger partial charge in [0.15, 0.2) is 0 Å². The molecule has 0 aromatic rings. The molecule has 0 heterocycles. The number of carbonyl (C=O) groups is 3. The molecule has 0 unspecified atom stereocenters. The van der Waals surface area contributed by atoms with E-state index >= 15 is 0 Å². The number of ether oxygens (including phenoxy) is 1. The van der Waals surface area contributed by atoms with Crippen molar-refractivity contribution in [3.05, 3.63) is 0 Å². The van der Waals surface area contributed by atoms with Gasteiger partial charge in [-0.05, 0) is 6.42 Å². The van der Waals surface area contributed by atoms with Crippen LogP contribution in [0.15, 0.2) is 0 Å². The number of hydrogen-bond donors (Lipinski definition) is 1. The van der Waals surface area contributed by atoms with E-state index in [0.717, 1.165) is 19.3 Å². The molecule has 0 aliphatic carbocycles. The summed E-state index contributed by atoms with van der Waals surface area (Å²) in [7, 11) is 0. The second-order valence-electron chi connectivity index (χ2n) is 7.71. The van der Waals surface area contributed by atoms with E-state index in [1.807, 2.05) is 0 Å². The second-order valence-corrected chi connectivity index (χ2v) is 7.71. The summed E-state index contributed by atoms with van der Waals surface area (Å²) in [4.78, 5) is 34.5. The number of carboxylic acids is 2. The van der Waals surface area contributed by atoms with E-state index in [4.69, 9.17) is 4.74 Å². The fourth-order valence-electron chi connectivity index (χ4n) is 3.19. The summed E-state index contributed by atoms with van der Waals surface area (Å²) in [5, 5.41) is 23.9. The number of hydrogen-bond acceptors (Lipinski definition) is 7. The number of carboxylic acid groups (broad SMARTS) is 2. The van der Waals surface area contributed by atoms with Gasteiger partial charge in [-0.3, -0.25) is 9.69 Å². The van der Waals surface area contributed by atoms with Crippen LogP contribution in [0, 0.1) is 0 Å². The number of amides is 1. The first kappa shape index (κ1) is 36.9. The van der Waals surface area contributed by atoms with Crippen molar-refractivity contribution in [2.24, 2.45) is 0 Å². The molecule has 0 aromatic carbocycles. The third-order valence-corrected chi connectivity index (χ3v) is 4.88. The summed E-state index contributed by atoms with van der Waals surface area (Å²) >= 11 is 0. The average Bonchev–Trinajstić information content (AvgIpc) is 2.68. The summed E-state index contributed by atoms with van der Waals surface area (Å²) in [6.07, 6.45) is 14.0. The fraction of sp³-hybridized carbons (Fsp3) is 0.864. The Bertz CT molecular complexity index is 470. The Morgan fingerprint density at radius 2 is 1.31 bits per heavy atom. The Balaban J connectivity index is -0.00000420. The molecule has 0 aliphatic rings. The molecule has 8 nitrogen and oxygen atoms in total. The molecular formula is C22H40N2Na2O6. The number of rotatable bonds is 22. The Kier molecular flexibility index (Phi) is 31.8. The molecule has 0 aliphatic heterocycles. The van der Waals surface area contributed by atoms with Crippen molar-refractivity contribution in [1.82, 2.24) is 10.2 Å². The smallest absolute Gasteiger partial charge is 0.549 e. The molecule has 176 valence electrons. The van der Waals surface area contributed by atoms with Gasteiger partial charge in [-0.15, -0.1) is 0 Å². The van der Waals surface area contributed by atoms with Crippen molar-refractivity contribution in [3.8, 4) is 0 Å². The summed E-state index contributed by atoms with van der Waals surface area (Å²) in [6, 6.07) is 0. The van der Waals surface area contributed by atoms with Crippen molar-refractivity contribution < 1.29 is 88.4 Å². The van der Waals surface area contributed by atoms with Gasteiger partial charge in [0, 0.05) is 32.6 Å². The van der Waals surface area contributed by atoms with Crippen LogP contribution in [0.3, 0.4) is 0 Å². The summed E-state index contributed by atoms with van der Waals surface area (Å²) < 4.78 is 4.85. The van der Waals surface area contributed by atoms with Crippen LogP contribution in [-0.2, 0) is 19.1 Å². The van der Waals surface area contributed by atoms with Gasteiger partial charge < -0.3 is 29.9 Å². The van der Waals surface area contributed by atoms with Crippen LogP contribution >= 0.6 is 0 Å². The number of nitrogens with one attached hydrogen (secondary N) is 1. The van der Waals surface area contributed by atoms with Crippen molar-refractivity contribution in [2.45, 2.75) is 84.0 Å². The molecule has 10 heteroatoms. The maximum Gasteiger partial charge on any atom is 1.00 e. The minimum Gasteiger partial charge on any atom is -0.549 e. The van der Waals surface area contributed by atoms with E-state index < -0.39 is 18.5 Å². The van der Waals surface area contributed by atoms with E-state index in [1.165, 1.54) is 56.3 Å². The molecule has 0 bridgehead atoms. The third-order valence-electron chi connectivity index (χ3n) is 4.88. The van der Waals surface area contributed by atoms with E-state index in [0.29, 0.717) is 19.5 Å². The van der Waals surface area contributed by atoms with E-state index in [2.05, 4.69) is 12.2 Å². The van der Waals surface area contributed by atoms with Crippen molar-refractivity contribution in [1.29, 1.82) is 0 Å². The molecule has 0 spiro atoms. The van der Waals surface area contributed by atoms with Crippen molar-refractivity contribution >= 4 is 17.8 Å². The zero-order chi connectivity index (χ0) is 22.5. The van der Waals surface area contributed by atoms with E-state index in [-0.39, 0.29) is 84.7 Å². The Hall–Kier alpha value is 0.330. The van der Waals surface area contributed by atoms with E-state index in [1.54, 1.807) is 0 Å². The first-order valence-electron chi connectivity index (χ1n) is 11.4. The molecule has 0 rings (SSSR count). The number of aliphatic carboxylic acids is 2. The van der Waals surface area contributed by atoms with Gasteiger partial charge in [-0.25, -0.2) is 0 Å². The topological polar surface area (TPSA) is 122 Å². The van der Waals surface area contributed by atoms with Crippen LogP contribution in [0.5, 0.6) is 0 Å². The molecule has 0 atom stereocenters. The molecule has 0 aromatic heterocycles. The zero-order valence-corrected chi connectivity index (χ0v) is 24.6. The molecule has 1 N–H and O–H groups in total. The molecule has 0 fully saturated rings. The molecule has 32 heavy (non-hydrogen) atoms. The normalized spacial score (nSPS) is 10.3. The van der Waals surface area contributed by atoms with Crippen LogP contribution < -0.4 is 74.6 Å². The van der Waals surface area contributed by atoms with Gasteiger partial charge in [0.05, 0.1) is 25.2 Å². The first-order chi connectivity index (χ1) is 14.5. The average molecular weight is 475 g/mol. The van der Waals surface area contributed by atoms with Gasteiger partial charge in [-0.1, -0.05) is 71.1 Å². The van der Waals surface area contributed by atoms with Gasteiger partial charge >= 0.3 is 59.1 Å². The summed E-state index contributed by atoms with van der Waals surface area (Å²) in [6.45, 7) is 2.34. The van der Waals surface area contributed by atoms with E-state index in [9.17, 15) is 24.6 Å². The minimum absolute atomic E-state index is 0. The Morgan fingerprint density at radius 1 is 0.781 bits per heavy atom. The van der Waals surface area contributed by atoms with Gasteiger partial charge in [0.1, 0.15) is 0 Å². The first-order valence-corrected chi connectivity index (χ1v) is 11.4. The summed E-state index contributed by atoms with van der Waals surface area (Å²) in [5.41, 5.74) is 0. The van der Waals surface area contributed by atoms with Crippen LogP contribution in [0.4, 0.5) is 0 Å². The van der Waals surface area contributed by atoms with Gasteiger partial charge in [-0.2, -0.15) is 0 Å². The maximum absolute atomic E-state index is 11.9. The minimum atomic E-state index is -1.32. The predicted molar refractivity (Wildman–Crippen MR) is 111 cm³/mol. The summed E-state index contributed by atoms with van der Waals surface area (Å²) in [5.74, 6) is -2.59. The molecular weight excluding hydrogens is 434 g/mol. The SMILES string of the molecule is CCCCCCCCCCCCCC(=O)NCCN(CCOCC(=O)[O-])CC(=O)[O-].[Na+].[Na+]. The number of nitrogens with zero attached hydrogens (tertiary/aromatic N) is 1. The van der Waals surface area contributed by atoms with Crippen LogP contribution in [0.1, 0.15) is 84.0 Å². The number of unbranched alkanes of at least 4 members (excludes halogenated alkanes) is 10. The molecule has 1 amide bonds. The Labute approximate surface area is 238 Å². The second kappa shape index (κ2) is 27.6. The third kappa shape index (κ3) is 28.4. The van der Waals surface area contributed by atoms with Gasteiger partial charge in [0.2, 0.25) is 5.91 Å². The zero-order valence-electron chi connectivity index (χ0n) is 20.6. The van der Waals surface area contributed by atoms with Crippen LogP contribution in [-0.4, -0.2) is 62.1 Å². The Morgan fingerprint density at radius 3 is 1.81 bits per heavy atom. The fourth-order valence-corrected chi connectivity index (χ4v) is 3.19. The largest absolute Gasteiger partial charge is 1.00 e. The predicted octanol–water partition coefficient (Wildman–Crippen LogP) is -5.37. The quantitative estimate of drug-likeness (QED) is 0.123. The van der Waals surface area contributed by atoms with Gasteiger partial charge in [0.25, 0.3) is 0 Å². The molecule has 0 radical (unpaired) electrons. The van der Waals surface area contributed by atoms with Crippen LogP contribution in [0.25, 0.3) is 0 Å². The van der Waals surface area contributed by atoms with Crippen LogP contribution in [0.2, 0.25) is 0 Å². The monoisotopic (exact) mass is 474 g/mol. The number of carbonyl (C=O) groups excluding carboxylic acids is 3. The standard InChI is InChI=1S/C22H42N2O6.2Na/c1-2-3-4-5-6-7-8-9-10-11-12-13-20(25)23-14-15-24(18-21(26)27)16-17-30-19-22(28)29;;/h2-19H2,1H3,(H,23,25)(H,26,27)(H,28,29);;/q;2*+1/p-2. The maximum atomic E-state index is 11.9. The van der Waals surface area contributed by atoms with Crippen molar-refractivity contribution in [3.63, 3.8) is 0 Å². The molecule has 0 saturated heterocycles. The molecule has 0 saturated carbocycles. The van der Waals surface area contributed by atoms with Crippen molar-refractivity contribution in [2.75, 3.05) is 39.4 Å².